The van der Waals surface area contributed by atoms with Gasteiger partial charge in [-0.2, -0.15) is 0 Å². The summed E-state index contributed by atoms with van der Waals surface area (Å²) in [7, 11) is -2.78. The number of nitrogens with zero attached hydrogens (tertiary/aromatic N) is 2. The summed E-state index contributed by atoms with van der Waals surface area (Å²) in [6.45, 7) is 14.4. The Bertz CT molecular complexity index is 7370. The topological polar surface area (TPSA) is 9.86 Å². The number of hydrogen-bond acceptors (Lipinski definition) is 0. The van der Waals surface area contributed by atoms with Crippen LogP contribution in [0.15, 0.2) is 485 Å². The molecule has 2 heterocycles. The summed E-state index contributed by atoms with van der Waals surface area (Å²) in [5.41, 5.74) is 40.5. The first-order valence-electron chi connectivity index (χ1n) is 44.6. The van der Waals surface area contributed by atoms with E-state index in [0.29, 0.717) is 0 Å². The predicted molar refractivity (Wildman–Crippen MR) is 554 cm³/mol. The van der Waals surface area contributed by atoms with Gasteiger partial charge < -0.3 is 9.13 Å². The average Bonchev–Trinajstić information content (AvgIpc) is 1.57. The molecule has 0 amide bonds. The lowest BCUT2D eigenvalue weighted by molar-refractivity contribution is 1.13. The van der Waals surface area contributed by atoms with Crippen LogP contribution in [-0.4, -0.2) is 25.3 Å². The first-order chi connectivity index (χ1) is 62.7. The van der Waals surface area contributed by atoms with Gasteiger partial charge in [0, 0.05) is 39.5 Å². The van der Waals surface area contributed by atoms with Crippen LogP contribution < -0.4 is 10.4 Å². The van der Waals surface area contributed by atoms with Crippen molar-refractivity contribution in [3.63, 3.8) is 0 Å². The zero-order valence-electron chi connectivity index (χ0n) is 73.1. The molecule has 128 heavy (non-hydrogen) atoms. The first kappa shape index (κ1) is 81.1. The Kier molecular flexibility index (Phi) is 22.4. The molecule has 0 bridgehead atoms. The Morgan fingerprint density at radius 2 is 0.430 bits per heavy atom. The summed E-state index contributed by atoms with van der Waals surface area (Å²) in [6, 6.07) is 176. The maximum absolute atomic E-state index is 2.49. The second-order valence-corrected chi connectivity index (χ2v) is 45.8. The molecule has 0 unspecified atom stereocenters. The van der Waals surface area contributed by atoms with Crippen LogP contribution in [0.5, 0.6) is 0 Å². The molecule has 0 saturated heterocycles. The molecule has 2 aromatic heterocycles. The fourth-order valence-corrected chi connectivity index (χ4v) is 20.7. The van der Waals surface area contributed by atoms with Crippen LogP contribution in [0.3, 0.4) is 0 Å². The Morgan fingerprint density at radius 1 is 0.164 bits per heavy atom. The van der Waals surface area contributed by atoms with Crippen molar-refractivity contribution in [3.05, 3.63) is 485 Å². The number of rotatable bonds is 19. The van der Waals surface area contributed by atoms with Gasteiger partial charge in [0.15, 0.2) is 0 Å². The van der Waals surface area contributed by atoms with Gasteiger partial charge in [-0.25, -0.2) is 0 Å². The molecule has 2 nitrogen and oxygen atoms in total. The van der Waals surface area contributed by atoms with E-state index in [1.807, 2.05) is 0 Å². The van der Waals surface area contributed by atoms with Gasteiger partial charge in [0.25, 0.3) is 0 Å². The maximum Gasteiger partial charge on any atom is 0.0775 e. The fourth-order valence-electron chi connectivity index (χ4n) is 18.3. The van der Waals surface area contributed by atoms with E-state index in [0.717, 1.165) is 28.1 Å². The molecule has 4 heteroatoms. The van der Waals surface area contributed by atoms with E-state index in [-0.39, 0.29) is 0 Å². The molecule has 0 spiro atoms. The van der Waals surface area contributed by atoms with Gasteiger partial charge >= 0.3 is 0 Å². The van der Waals surface area contributed by atoms with Gasteiger partial charge in [-0.15, -0.1) is 0 Å². The van der Waals surface area contributed by atoms with E-state index < -0.39 is 16.1 Å². The van der Waals surface area contributed by atoms with Gasteiger partial charge in [0.2, 0.25) is 0 Å². The van der Waals surface area contributed by atoms with Crippen molar-refractivity contribution in [2.75, 3.05) is 0 Å². The molecule has 0 aliphatic heterocycles. The number of aromatic nitrogens is 2. The average molecular weight is 1670 g/mol. The lowest BCUT2D eigenvalue weighted by atomic mass is 9.89. The minimum atomic E-state index is -1.41. The first-order valence-corrected chi connectivity index (χ1v) is 51.6. The van der Waals surface area contributed by atoms with E-state index in [4.69, 9.17) is 0 Å². The largest absolute Gasteiger partial charge is 0.316 e. The summed E-state index contributed by atoms with van der Waals surface area (Å²) in [5, 5.41) is 5.36. The molecule has 0 saturated carbocycles. The molecule has 19 aromatic carbocycles. The Labute approximate surface area is 755 Å². The summed E-state index contributed by atoms with van der Waals surface area (Å²) in [5.74, 6) is 0. The Balaban J connectivity index is 0.000000161. The Morgan fingerprint density at radius 3 is 0.789 bits per heavy atom. The zero-order valence-corrected chi connectivity index (χ0v) is 75.1. The van der Waals surface area contributed by atoms with Crippen molar-refractivity contribution in [3.8, 4) is 178 Å². The maximum atomic E-state index is 2.49. The minimum absolute atomic E-state index is 1.12. The highest BCUT2D eigenvalue weighted by Crippen LogP contribution is 2.49. The third-order valence-electron chi connectivity index (χ3n) is 25.2. The summed E-state index contributed by atoms with van der Waals surface area (Å²) >= 11 is 0. The monoisotopic (exact) mass is 1670 g/mol. The molecule has 21 rings (SSSR count). The van der Waals surface area contributed by atoms with E-state index in [9.17, 15) is 0 Å². The van der Waals surface area contributed by atoms with Crippen molar-refractivity contribution >= 4 is 48.3 Å². The normalized spacial score (nSPS) is 11.5. The number of benzene rings is 19. The number of fused-ring (bicyclic) bond motifs is 2. The molecular formula is C124H98N2Si2. The fraction of sp³-hybridized carbons (Fsp3) is 0.0484. The highest BCUT2D eigenvalue weighted by molar-refractivity contribution is 6.89. The van der Waals surface area contributed by atoms with Gasteiger partial charge in [0.05, 0.1) is 32.9 Å². The molecule has 0 aliphatic carbocycles. The molecule has 612 valence electrons. The van der Waals surface area contributed by atoms with Gasteiger partial charge in [-0.05, 0) is 247 Å². The molecule has 0 fully saturated rings. The second-order valence-electron chi connectivity index (χ2n) is 35.6. The van der Waals surface area contributed by atoms with E-state index in [2.05, 4.69) is 534 Å². The molecule has 0 N–H and O–H groups in total. The zero-order chi connectivity index (χ0) is 86.7. The molecule has 21 aromatic rings. The van der Waals surface area contributed by atoms with E-state index >= 15 is 0 Å². The summed E-state index contributed by atoms with van der Waals surface area (Å²) < 4.78 is 4.86. The SMILES string of the molecule is C[Si](C)(C)c1ccc(-c2ccc(-n3c(-c4ccccc4)c(-c4ccc(-c5ccccc5)c(-c5ccccc5)c4)c4cc(-c5cc(-c6ccccc6)cc(-c6ccccc6)c5)ccc43)cc2)cc1.C[Si](C)(C)c1ccc(-c2ccc(-n3cc(-c4ccc(-c5ccccc5)c(-c5ccccc5)c4)c4cc(-c5cc(-c6ccccc6)cc(-c6ccccc6)c5)ccc43)cc2)cc1. The third-order valence-corrected chi connectivity index (χ3v) is 29.3. The molecule has 0 atom stereocenters. The summed E-state index contributed by atoms with van der Waals surface area (Å²) in [6.07, 6.45) is 2.34. The molecular weight excluding hydrogens is 1570 g/mol. The molecule has 0 aliphatic rings. The highest BCUT2D eigenvalue weighted by Gasteiger charge is 2.26. The number of hydrogen-bond donors (Lipinski definition) is 0. The summed E-state index contributed by atoms with van der Waals surface area (Å²) in [4.78, 5) is 0. The third kappa shape index (κ3) is 16.9. The van der Waals surface area contributed by atoms with Crippen molar-refractivity contribution in [2.45, 2.75) is 39.3 Å². The van der Waals surface area contributed by atoms with Crippen molar-refractivity contribution in [1.29, 1.82) is 0 Å². The van der Waals surface area contributed by atoms with Crippen molar-refractivity contribution < 1.29 is 0 Å². The van der Waals surface area contributed by atoms with Gasteiger partial charge in [-0.3, -0.25) is 0 Å². The van der Waals surface area contributed by atoms with Gasteiger partial charge in [-0.1, -0.05) is 432 Å². The van der Waals surface area contributed by atoms with E-state index in [1.54, 1.807) is 0 Å². The van der Waals surface area contributed by atoms with Crippen molar-refractivity contribution in [1.82, 2.24) is 9.13 Å². The van der Waals surface area contributed by atoms with Crippen LogP contribution in [0.4, 0.5) is 0 Å². The standard InChI is InChI=1S/C65H51NSi.C59H47NSi/c1-67(2,3)59-37-31-49(32-38-59)48-29-35-58(36-30-48)66-63-40-34-53(57-42-55(46-19-9-4-10-20-46)41-56(43-57)47-21-11-5-12-22-47)44-62(63)64(65(66)52-27-17-8-18-28-52)54-33-39-60(50-23-13-6-14-24-50)61(45-54)51-25-15-7-16-26-51;1-61(2,3)54-32-26-45(27-33-54)44-24-30-53(31-25-44)60-41-58(49-28-34-55(46-20-12-6-13-21-46)56(40-49)47-22-14-7-15-23-47)57-39-48(29-35-59(57)60)52-37-50(42-16-8-4-9-17-42)36-51(38-52)43-18-10-5-11-19-43/h4-45H,1-3H3;4-41H,1-3H3. The lowest BCUT2D eigenvalue weighted by Crippen LogP contribution is -2.37. The predicted octanol–water partition coefficient (Wildman–Crippen LogP) is 33.4. The van der Waals surface area contributed by atoms with Crippen LogP contribution in [-0.2, 0) is 0 Å². The quantitative estimate of drug-likeness (QED) is 0.0714. The van der Waals surface area contributed by atoms with Crippen molar-refractivity contribution in [2.24, 2.45) is 0 Å². The van der Waals surface area contributed by atoms with Gasteiger partial charge in [0.1, 0.15) is 0 Å². The second kappa shape index (κ2) is 35.4. The van der Waals surface area contributed by atoms with E-state index in [1.165, 1.54) is 182 Å². The van der Waals surface area contributed by atoms with Crippen LogP contribution in [0.1, 0.15) is 0 Å². The molecule has 0 radical (unpaired) electrons. The minimum Gasteiger partial charge on any atom is -0.316 e. The highest BCUT2D eigenvalue weighted by atomic mass is 28.3. The smallest absolute Gasteiger partial charge is 0.0775 e. The lowest BCUT2D eigenvalue weighted by Gasteiger charge is -2.17. The van der Waals surface area contributed by atoms with Crippen LogP contribution in [0, 0.1) is 0 Å². The Hall–Kier alpha value is -15.3. The van der Waals surface area contributed by atoms with Crippen LogP contribution >= 0.6 is 0 Å². The van der Waals surface area contributed by atoms with Crippen LogP contribution in [0.2, 0.25) is 39.3 Å². The van der Waals surface area contributed by atoms with Crippen LogP contribution in [0.25, 0.3) is 200 Å².